The highest BCUT2D eigenvalue weighted by molar-refractivity contribution is 7.89. The fourth-order valence-electron chi connectivity index (χ4n) is 3.69. The monoisotopic (exact) mass is 392 g/mol. The molecule has 3 rings (SSSR count). The van der Waals surface area contributed by atoms with Crippen LogP contribution in [0.2, 0.25) is 0 Å². The number of sulfonamides is 1. The number of nitrogens with zero attached hydrogens (tertiary/aromatic N) is 4. The molecule has 0 bridgehead atoms. The zero-order chi connectivity index (χ0) is 19.6. The molecule has 0 saturated carbocycles. The molecule has 27 heavy (non-hydrogen) atoms. The minimum atomic E-state index is -3.18. The first-order valence-corrected chi connectivity index (χ1v) is 11.0. The number of rotatable bonds is 5. The van der Waals surface area contributed by atoms with Gasteiger partial charge in [0.15, 0.2) is 0 Å². The molecule has 8 heteroatoms. The molecule has 3 heterocycles. The summed E-state index contributed by atoms with van der Waals surface area (Å²) in [5.74, 6) is 1.17. The van der Waals surface area contributed by atoms with Crippen LogP contribution in [0.3, 0.4) is 0 Å². The number of aromatic nitrogens is 3. The third-order valence-electron chi connectivity index (χ3n) is 5.27. The highest BCUT2D eigenvalue weighted by atomic mass is 32.2. The molecule has 1 unspecified atom stereocenters. The molecule has 1 aliphatic heterocycles. The zero-order valence-electron chi connectivity index (χ0n) is 16.5. The van der Waals surface area contributed by atoms with Gasteiger partial charge >= 0.3 is 0 Å². The van der Waals surface area contributed by atoms with Crippen molar-refractivity contribution < 1.29 is 12.9 Å². The topological polar surface area (TPSA) is 89.2 Å². The summed E-state index contributed by atoms with van der Waals surface area (Å²) >= 11 is 0. The second-order valence-corrected chi connectivity index (χ2v) is 10.1. The first-order valence-electron chi connectivity index (χ1n) is 9.52. The lowest BCUT2D eigenvalue weighted by Gasteiger charge is -2.22. The predicted molar refractivity (Wildman–Crippen MR) is 104 cm³/mol. The van der Waals surface area contributed by atoms with E-state index >= 15 is 0 Å². The third kappa shape index (κ3) is 4.38. The molecule has 0 aliphatic carbocycles. The Morgan fingerprint density at radius 3 is 2.67 bits per heavy atom. The van der Waals surface area contributed by atoms with Crippen molar-refractivity contribution in [3.63, 3.8) is 0 Å². The maximum absolute atomic E-state index is 12.4. The van der Waals surface area contributed by atoms with E-state index in [1.165, 1.54) is 0 Å². The lowest BCUT2D eigenvalue weighted by molar-refractivity contribution is 0.393. The maximum atomic E-state index is 12.4. The van der Waals surface area contributed by atoms with E-state index in [9.17, 15) is 8.42 Å². The Hall–Kier alpha value is -1.80. The minimum absolute atomic E-state index is 0.367. The average molecular weight is 393 g/mol. The van der Waals surface area contributed by atoms with Gasteiger partial charge in [-0.25, -0.2) is 22.7 Å². The van der Waals surface area contributed by atoms with Crippen LogP contribution in [0.25, 0.3) is 11.3 Å². The second-order valence-electron chi connectivity index (χ2n) is 7.59. The van der Waals surface area contributed by atoms with Crippen LogP contribution in [0, 0.1) is 19.8 Å². The van der Waals surface area contributed by atoms with Gasteiger partial charge < -0.3 is 4.52 Å². The van der Waals surface area contributed by atoms with Gasteiger partial charge in [0.05, 0.1) is 22.2 Å². The Bertz CT molecular complexity index is 873. The molecule has 1 aliphatic rings. The molecular weight excluding hydrogens is 364 g/mol. The highest BCUT2D eigenvalue weighted by Crippen LogP contribution is 2.27. The first kappa shape index (κ1) is 19.9. The van der Waals surface area contributed by atoms with Gasteiger partial charge in [-0.2, -0.15) is 0 Å². The predicted octanol–water partition coefficient (Wildman–Crippen LogP) is 3.13. The minimum Gasteiger partial charge on any atom is -0.361 e. The molecule has 0 aromatic carbocycles. The average Bonchev–Trinajstić information content (AvgIpc) is 2.81. The smallest absolute Gasteiger partial charge is 0.216 e. The second kappa shape index (κ2) is 8.06. The molecule has 2 aromatic rings. The zero-order valence-corrected chi connectivity index (χ0v) is 17.3. The molecule has 0 N–H and O–H groups in total. The third-order valence-corrected chi connectivity index (χ3v) is 7.55. The molecule has 2 aromatic heterocycles. The van der Waals surface area contributed by atoms with Crippen molar-refractivity contribution in [2.45, 2.75) is 58.6 Å². The van der Waals surface area contributed by atoms with E-state index in [-0.39, 0.29) is 5.25 Å². The molecule has 0 amide bonds. The van der Waals surface area contributed by atoms with Crippen molar-refractivity contribution in [1.29, 1.82) is 0 Å². The van der Waals surface area contributed by atoms with E-state index in [0.717, 1.165) is 54.1 Å². The Labute approximate surface area is 161 Å². The Balaban J connectivity index is 1.71. The standard InChI is InChI=1S/C19H28N4O3S/c1-13(2)27(24,25)23-8-5-6-16(7-9-23)10-17-11-18(21-12-20-17)19-14(3)22-26-15(19)4/h11-13,16H,5-10H2,1-4H3. The van der Waals surface area contributed by atoms with E-state index in [1.807, 2.05) is 19.9 Å². The number of hydrogen-bond acceptors (Lipinski definition) is 6. The van der Waals surface area contributed by atoms with Crippen LogP contribution in [0.15, 0.2) is 16.9 Å². The van der Waals surface area contributed by atoms with Gasteiger partial charge in [-0.15, -0.1) is 0 Å². The molecule has 7 nitrogen and oxygen atoms in total. The molecular formula is C19H28N4O3S. The summed E-state index contributed by atoms with van der Waals surface area (Å²) in [6, 6.07) is 2.00. The molecule has 1 fully saturated rings. The Morgan fingerprint density at radius 1 is 1.22 bits per heavy atom. The van der Waals surface area contributed by atoms with Gasteiger partial charge in [0, 0.05) is 18.8 Å². The van der Waals surface area contributed by atoms with E-state index in [4.69, 9.17) is 4.52 Å². The van der Waals surface area contributed by atoms with Crippen LogP contribution >= 0.6 is 0 Å². The van der Waals surface area contributed by atoms with Gasteiger partial charge in [0.1, 0.15) is 12.1 Å². The quantitative estimate of drug-likeness (QED) is 0.777. The van der Waals surface area contributed by atoms with Gasteiger partial charge in [0.2, 0.25) is 10.0 Å². The van der Waals surface area contributed by atoms with Crippen LogP contribution in [-0.4, -0.2) is 46.2 Å². The van der Waals surface area contributed by atoms with Gasteiger partial charge in [-0.05, 0) is 65.4 Å². The fourth-order valence-corrected chi connectivity index (χ4v) is 5.03. The molecule has 148 valence electrons. The first-order chi connectivity index (χ1) is 12.8. The molecule has 0 radical (unpaired) electrons. The van der Waals surface area contributed by atoms with Gasteiger partial charge in [-0.3, -0.25) is 0 Å². The van der Waals surface area contributed by atoms with Crippen LogP contribution < -0.4 is 0 Å². The maximum Gasteiger partial charge on any atom is 0.216 e. The lowest BCUT2D eigenvalue weighted by atomic mass is 9.94. The molecule has 1 atom stereocenters. The summed E-state index contributed by atoms with van der Waals surface area (Å²) in [7, 11) is -3.18. The molecule has 0 spiro atoms. The summed E-state index contributed by atoms with van der Waals surface area (Å²) in [6.45, 7) is 8.48. The summed E-state index contributed by atoms with van der Waals surface area (Å²) in [6.07, 6.45) is 5.17. The van der Waals surface area contributed by atoms with Crippen molar-refractivity contribution in [3.05, 3.63) is 29.5 Å². The summed E-state index contributed by atoms with van der Waals surface area (Å²) < 4.78 is 31.8. The molecule has 1 saturated heterocycles. The summed E-state index contributed by atoms with van der Waals surface area (Å²) in [5, 5.41) is 3.63. The largest absolute Gasteiger partial charge is 0.361 e. The van der Waals surface area contributed by atoms with Crippen molar-refractivity contribution in [2.24, 2.45) is 5.92 Å². The van der Waals surface area contributed by atoms with Gasteiger partial charge in [0.25, 0.3) is 0 Å². The van der Waals surface area contributed by atoms with Gasteiger partial charge in [-0.1, -0.05) is 5.16 Å². The SMILES string of the molecule is Cc1noc(C)c1-c1cc(CC2CCCN(S(=O)(=O)C(C)C)CC2)ncn1. The number of hydrogen-bond donors (Lipinski definition) is 0. The summed E-state index contributed by atoms with van der Waals surface area (Å²) in [5.41, 5.74) is 3.55. The van der Waals surface area contributed by atoms with Crippen molar-refractivity contribution in [1.82, 2.24) is 19.4 Å². The highest BCUT2D eigenvalue weighted by Gasteiger charge is 2.28. The number of aryl methyl sites for hydroxylation is 2. The van der Waals surface area contributed by atoms with E-state index in [2.05, 4.69) is 15.1 Å². The van der Waals surface area contributed by atoms with Crippen molar-refractivity contribution in [3.8, 4) is 11.3 Å². The van der Waals surface area contributed by atoms with Crippen molar-refractivity contribution >= 4 is 10.0 Å². The summed E-state index contributed by atoms with van der Waals surface area (Å²) in [4.78, 5) is 8.82. The normalized spacial score (nSPS) is 19.4. The van der Waals surface area contributed by atoms with E-state index < -0.39 is 10.0 Å². The van der Waals surface area contributed by atoms with Crippen molar-refractivity contribution in [2.75, 3.05) is 13.1 Å². The lowest BCUT2D eigenvalue weighted by Crippen LogP contribution is -2.37. The van der Waals surface area contributed by atoms with Crippen LogP contribution in [0.4, 0.5) is 0 Å². The van der Waals surface area contributed by atoms with Crippen LogP contribution in [0.5, 0.6) is 0 Å². The Kier molecular flexibility index (Phi) is 5.95. The Morgan fingerprint density at radius 2 is 2.00 bits per heavy atom. The van der Waals surface area contributed by atoms with Crippen LogP contribution in [0.1, 0.15) is 50.3 Å². The van der Waals surface area contributed by atoms with E-state index in [0.29, 0.717) is 19.0 Å². The van der Waals surface area contributed by atoms with Crippen LogP contribution in [-0.2, 0) is 16.4 Å². The van der Waals surface area contributed by atoms with E-state index in [1.54, 1.807) is 24.5 Å². The fraction of sp³-hybridized carbons (Fsp3) is 0.632.